The lowest BCUT2D eigenvalue weighted by Gasteiger charge is -2.37. The first-order valence-electron chi connectivity index (χ1n) is 8.88. The topological polar surface area (TPSA) is 36.1 Å². The van der Waals surface area contributed by atoms with E-state index in [1.165, 1.54) is 16.0 Å². The number of rotatable bonds is 3. The summed E-state index contributed by atoms with van der Waals surface area (Å²) in [5, 5.41) is 9.34. The predicted octanol–water partition coefficient (Wildman–Crippen LogP) is 5.86. The molecule has 0 N–H and O–H groups in total. The van der Waals surface area contributed by atoms with Gasteiger partial charge < -0.3 is 0 Å². The van der Waals surface area contributed by atoms with Crippen LogP contribution >= 0.6 is 23.6 Å². The molecule has 0 amide bonds. The smallest absolute Gasteiger partial charge is 0.110 e. The van der Waals surface area contributed by atoms with Crippen molar-refractivity contribution in [1.29, 1.82) is 5.26 Å². The monoisotopic (exact) mass is 364 g/mol. The fourth-order valence-corrected chi connectivity index (χ4v) is 5.77. The molecule has 1 aliphatic heterocycles. The number of benzene rings is 1. The third-order valence-electron chi connectivity index (χ3n) is 5.44. The SMILES string of the molecule is CCCc1cc(C#N)sc1C1CCC(=S)C2(C=Nc3ccccc32)C1. The zero-order chi connectivity index (χ0) is 17.4. The Balaban J connectivity index is 1.74. The molecule has 0 radical (unpaired) electrons. The summed E-state index contributed by atoms with van der Waals surface area (Å²) in [6, 6.07) is 12.8. The van der Waals surface area contributed by atoms with Crippen molar-refractivity contribution in [3.8, 4) is 6.07 Å². The molecule has 25 heavy (non-hydrogen) atoms. The van der Waals surface area contributed by atoms with Crippen molar-refractivity contribution in [2.75, 3.05) is 0 Å². The Labute approximate surface area is 158 Å². The quantitative estimate of drug-likeness (QED) is 0.639. The maximum Gasteiger partial charge on any atom is 0.110 e. The van der Waals surface area contributed by atoms with E-state index in [0.717, 1.165) is 47.5 Å². The van der Waals surface area contributed by atoms with Gasteiger partial charge >= 0.3 is 0 Å². The second-order valence-electron chi connectivity index (χ2n) is 6.97. The second-order valence-corrected chi connectivity index (χ2v) is 8.55. The van der Waals surface area contributed by atoms with E-state index in [1.54, 1.807) is 11.3 Å². The highest BCUT2D eigenvalue weighted by molar-refractivity contribution is 7.80. The number of aliphatic imine (C=N–C) groups is 1. The van der Waals surface area contributed by atoms with Gasteiger partial charge in [-0.15, -0.1) is 11.3 Å². The highest BCUT2D eigenvalue weighted by atomic mass is 32.1. The average Bonchev–Trinajstić information content (AvgIpc) is 3.21. The van der Waals surface area contributed by atoms with Gasteiger partial charge in [-0.3, -0.25) is 4.99 Å². The fraction of sp³-hybridized carbons (Fsp3) is 0.381. The molecule has 4 rings (SSSR count). The number of fused-ring (bicyclic) bond motifs is 2. The number of nitriles is 1. The van der Waals surface area contributed by atoms with Gasteiger partial charge in [0.25, 0.3) is 0 Å². The van der Waals surface area contributed by atoms with E-state index in [2.05, 4.69) is 48.5 Å². The van der Waals surface area contributed by atoms with E-state index in [9.17, 15) is 5.26 Å². The van der Waals surface area contributed by atoms with E-state index < -0.39 is 0 Å². The molecule has 2 nitrogen and oxygen atoms in total. The standard InChI is InChI=1S/C21H20N2S2/c1-2-5-14-10-16(12-22)25-20(14)15-8-9-19(24)21(11-15)13-23-18-7-4-3-6-17(18)21/h3-4,6-7,10,13,15H,2,5,8-9,11H2,1H3. The first-order chi connectivity index (χ1) is 12.2. The summed E-state index contributed by atoms with van der Waals surface area (Å²) < 4.78 is 0. The Morgan fingerprint density at radius 3 is 3.04 bits per heavy atom. The Bertz CT molecular complexity index is 903. The second kappa shape index (κ2) is 6.48. The molecule has 2 heterocycles. The predicted molar refractivity (Wildman–Crippen MR) is 108 cm³/mol. The van der Waals surface area contributed by atoms with Gasteiger partial charge in [0.05, 0.1) is 11.1 Å². The van der Waals surface area contributed by atoms with E-state index in [-0.39, 0.29) is 5.41 Å². The summed E-state index contributed by atoms with van der Waals surface area (Å²) >= 11 is 7.51. The van der Waals surface area contributed by atoms with Crippen molar-refractivity contribution >= 4 is 40.3 Å². The lowest BCUT2D eigenvalue weighted by atomic mass is 9.66. The average molecular weight is 365 g/mol. The number of para-hydroxylation sites is 1. The molecule has 1 fully saturated rings. The van der Waals surface area contributed by atoms with Crippen molar-refractivity contribution < 1.29 is 0 Å². The van der Waals surface area contributed by atoms with Crippen molar-refractivity contribution in [2.45, 2.75) is 50.4 Å². The number of hydrogen-bond donors (Lipinski definition) is 0. The largest absolute Gasteiger partial charge is 0.260 e. The molecule has 0 saturated heterocycles. The number of thiocarbonyl (C=S) groups is 1. The summed E-state index contributed by atoms with van der Waals surface area (Å²) in [4.78, 5) is 8.03. The van der Waals surface area contributed by atoms with Crippen molar-refractivity contribution in [1.82, 2.24) is 0 Å². The molecular formula is C21H20N2S2. The number of aryl methyl sites for hydroxylation is 1. The van der Waals surface area contributed by atoms with E-state index >= 15 is 0 Å². The van der Waals surface area contributed by atoms with Gasteiger partial charge in [0.15, 0.2) is 0 Å². The summed E-state index contributed by atoms with van der Waals surface area (Å²) in [7, 11) is 0. The van der Waals surface area contributed by atoms with Crippen LogP contribution in [-0.4, -0.2) is 11.1 Å². The summed E-state index contributed by atoms with van der Waals surface area (Å²) in [5.41, 5.74) is 3.48. The van der Waals surface area contributed by atoms with Crippen LogP contribution in [0.4, 0.5) is 5.69 Å². The lowest BCUT2D eigenvalue weighted by molar-refractivity contribution is 0.502. The summed E-state index contributed by atoms with van der Waals surface area (Å²) in [6.07, 6.45) is 7.25. The Morgan fingerprint density at radius 2 is 2.24 bits per heavy atom. The zero-order valence-electron chi connectivity index (χ0n) is 14.3. The highest BCUT2D eigenvalue weighted by Gasteiger charge is 2.45. The molecular weight excluding hydrogens is 344 g/mol. The maximum absolute atomic E-state index is 9.34. The number of thiophene rings is 1. The molecule has 1 saturated carbocycles. The van der Waals surface area contributed by atoms with Gasteiger partial charge in [-0.1, -0.05) is 43.8 Å². The minimum Gasteiger partial charge on any atom is -0.260 e. The van der Waals surface area contributed by atoms with Crippen LogP contribution in [0.25, 0.3) is 0 Å². The van der Waals surface area contributed by atoms with Crippen LogP contribution in [0.5, 0.6) is 0 Å². The van der Waals surface area contributed by atoms with Crippen LogP contribution in [-0.2, 0) is 11.8 Å². The van der Waals surface area contributed by atoms with E-state index in [0.29, 0.717) is 5.92 Å². The molecule has 1 aliphatic carbocycles. The van der Waals surface area contributed by atoms with Gasteiger partial charge in [0, 0.05) is 16.0 Å². The third-order valence-corrected chi connectivity index (χ3v) is 7.25. The normalized spacial score (nSPS) is 24.5. The summed E-state index contributed by atoms with van der Waals surface area (Å²) in [5.74, 6) is 0.456. The molecule has 0 bridgehead atoms. The molecule has 2 unspecified atom stereocenters. The van der Waals surface area contributed by atoms with Gasteiger partial charge in [-0.05, 0) is 54.9 Å². The highest BCUT2D eigenvalue weighted by Crippen LogP contribution is 2.50. The van der Waals surface area contributed by atoms with Crippen LogP contribution in [0.15, 0.2) is 35.3 Å². The number of hydrogen-bond acceptors (Lipinski definition) is 4. The maximum atomic E-state index is 9.34. The first kappa shape index (κ1) is 16.6. The Morgan fingerprint density at radius 1 is 1.40 bits per heavy atom. The molecule has 126 valence electrons. The van der Waals surface area contributed by atoms with Gasteiger partial charge in [-0.25, -0.2) is 0 Å². The van der Waals surface area contributed by atoms with Gasteiger partial charge in [0.1, 0.15) is 10.9 Å². The van der Waals surface area contributed by atoms with E-state index in [4.69, 9.17) is 12.2 Å². The molecule has 1 spiro atoms. The van der Waals surface area contributed by atoms with Crippen LogP contribution in [0.2, 0.25) is 0 Å². The fourth-order valence-electron chi connectivity index (χ4n) is 4.26. The van der Waals surface area contributed by atoms with Crippen LogP contribution < -0.4 is 0 Å². The third kappa shape index (κ3) is 2.67. The molecule has 2 aliphatic rings. The molecule has 4 heteroatoms. The lowest BCUT2D eigenvalue weighted by Crippen LogP contribution is -2.40. The van der Waals surface area contributed by atoms with Gasteiger partial charge in [0.2, 0.25) is 0 Å². The molecule has 1 aromatic carbocycles. The molecule has 1 aromatic heterocycles. The first-order valence-corrected chi connectivity index (χ1v) is 10.1. The molecule has 2 atom stereocenters. The Kier molecular flexibility index (Phi) is 4.31. The van der Waals surface area contributed by atoms with Gasteiger partial charge in [-0.2, -0.15) is 5.26 Å². The van der Waals surface area contributed by atoms with Crippen molar-refractivity contribution in [3.05, 3.63) is 51.2 Å². The van der Waals surface area contributed by atoms with E-state index in [1.807, 2.05) is 6.07 Å². The summed E-state index contributed by atoms with van der Waals surface area (Å²) in [6.45, 7) is 2.20. The van der Waals surface area contributed by atoms with Crippen LogP contribution in [0.3, 0.4) is 0 Å². The minimum atomic E-state index is -0.199. The zero-order valence-corrected chi connectivity index (χ0v) is 15.9. The minimum absolute atomic E-state index is 0.199. The van der Waals surface area contributed by atoms with Crippen molar-refractivity contribution in [2.24, 2.45) is 4.99 Å². The van der Waals surface area contributed by atoms with Crippen molar-refractivity contribution in [3.63, 3.8) is 0 Å². The Hall–Kier alpha value is -1.83. The number of nitrogens with zero attached hydrogens (tertiary/aromatic N) is 2. The molecule has 2 aromatic rings. The van der Waals surface area contributed by atoms with Crippen LogP contribution in [0.1, 0.15) is 59.4 Å². The van der Waals surface area contributed by atoms with Crippen LogP contribution in [0, 0.1) is 11.3 Å².